The number of nitrogens with one attached hydrogen (secondary N) is 1. The molecule has 0 spiro atoms. The highest BCUT2D eigenvalue weighted by Gasteiger charge is 2.17. The summed E-state index contributed by atoms with van der Waals surface area (Å²) in [7, 11) is 0. The lowest BCUT2D eigenvalue weighted by atomic mass is 10.2. The standard InChI is InChI=1S/C19H21NO4/c1-3-14-4-7-16(8-5-14)24-13(2)19(21)20-15-6-9-17-18(12-15)23-11-10-22-17/h4-9,12-13H,3,10-11H2,1-2H3,(H,20,21)/t13-/m1/s1. The second-order valence-corrected chi connectivity index (χ2v) is 5.61. The summed E-state index contributed by atoms with van der Waals surface area (Å²) in [4.78, 5) is 12.3. The molecule has 1 N–H and O–H groups in total. The maximum absolute atomic E-state index is 12.3. The van der Waals surface area contributed by atoms with Crippen LogP contribution in [0.25, 0.3) is 0 Å². The Labute approximate surface area is 141 Å². The van der Waals surface area contributed by atoms with E-state index >= 15 is 0 Å². The summed E-state index contributed by atoms with van der Waals surface area (Å²) in [5.74, 6) is 1.80. The molecule has 0 fully saturated rings. The highest BCUT2D eigenvalue weighted by molar-refractivity contribution is 5.94. The molecule has 1 aliphatic rings. The van der Waals surface area contributed by atoms with Crippen molar-refractivity contribution < 1.29 is 19.0 Å². The van der Waals surface area contributed by atoms with E-state index in [4.69, 9.17) is 14.2 Å². The molecule has 0 saturated heterocycles. The molecule has 1 amide bonds. The van der Waals surface area contributed by atoms with E-state index in [-0.39, 0.29) is 5.91 Å². The monoisotopic (exact) mass is 327 g/mol. The zero-order valence-electron chi connectivity index (χ0n) is 13.9. The summed E-state index contributed by atoms with van der Waals surface area (Å²) in [5.41, 5.74) is 1.89. The topological polar surface area (TPSA) is 56.8 Å². The minimum absolute atomic E-state index is 0.216. The van der Waals surface area contributed by atoms with Crippen molar-refractivity contribution in [1.29, 1.82) is 0 Å². The predicted molar refractivity (Wildman–Crippen MR) is 92.0 cm³/mol. The van der Waals surface area contributed by atoms with Gasteiger partial charge in [0.1, 0.15) is 19.0 Å². The zero-order chi connectivity index (χ0) is 16.9. The number of fused-ring (bicyclic) bond motifs is 1. The summed E-state index contributed by atoms with van der Waals surface area (Å²) >= 11 is 0. The van der Waals surface area contributed by atoms with E-state index in [1.54, 1.807) is 25.1 Å². The number of carbonyl (C=O) groups excluding carboxylic acids is 1. The van der Waals surface area contributed by atoms with Crippen LogP contribution in [0.5, 0.6) is 17.2 Å². The summed E-state index contributed by atoms with van der Waals surface area (Å²) in [5, 5.41) is 2.84. The lowest BCUT2D eigenvalue weighted by Crippen LogP contribution is -2.30. The van der Waals surface area contributed by atoms with Gasteiger partial charge >= 0.3 is 0 Å². The van der Waals surface area contributed by atoms with Crippen LogP contribution >= 0.6 is 0 Å². The lowest BCUT2D eigenvalue weighted by molar-refractivity contribution is -0.122. The molecule has 0 aliphatic carbocycles. The SMILES string of the molecule is CCc1ccc(O[C@H](C)C(=O)Nc2ccc3c(c2)OCCO3)cc1. The first-order valence-electron chi connectivity index (χ1n) is 8.12. The van der Waals surface area contributed by atoms with Crippen LogP contribution in [0.3, 0.4) is 0 Å². The number of amides is 1. The maximum atomic E-state index is 12.3. The molecule has 5 nitrogen and oxygen atoms in total. The first-order chi connectivity index (χ1) is 11.7. The molecule has 0 bridgehead atoms. The quantitative estimate of drug-likeness (QED) is 0.914. The minimum Gasteiger partial charge on any atom is -0.486 e. The van der Waals surface area contributed by atoms with Crippen molar-refractivity contribution >= 4 is 11.6 Å². The predicted octanol–water partition coefficient (Wildman–Crippen LogP) is 3.43. The Morgan fingerprint density at radius 2 is 1.83 bits per heavy atom. The highest BCUT2D eigenvalue weighted by Crippen LogP contribution is 2.32. The van der Waals surface area contributed by atoms with Crippen LogP contribution in [-0.2, 0) is 11.2 Å². The van der Waals surface area contributed by atoms with Gasteiger partial charge in [0.25, 0.3) is 5.91 Å². The molecule has 2 aromatic rings. The fourth-order valence-corrected chi connectivity index (χ4v) is 2.43. The Morgan fingerprint density at radius 1 is 1.12 bits per heavy atom. The third kappa shape index (κ3) is 3.79. The number of benzene rings is 2. The molecule has 2 aromatic carbocycles. The second kappa shape index (κ2) is 7.25. The van der Waals surface area contributed by atoms with E-state index in [0.29, 0.717) is 36.1 Å². The van der Waals surface area contributed by atoms with Gasteiger partial charge in [-0.3, -0.25) is 4.79 Å². The minimum atomic E-state index is -0.606. The molecule has 0 aromatic heterocycles. The molecule has 24 heavy (non-hydrogen) atoms. The molecule has 0 unspecified atom stereocenters. The molecular weight excluding hydrogens is 306 g/mol. The number of carbonyl (C=O) groups is 1. The van der Waals surface area contributed by atoms with Gasteiger partial charge in [0, 0.05) is 11.8 Å². The van der Waals surface area contributed by atoms with Crippen LogP contribution < -0.4 is 19.5 Å². The van der Waals surface area contributed by atoms with Gasteiger partial charge in [0.05, 0.1) is 0 Å². The van der Waals surface area contributed by atoms with Gasteiger partial charge in [0.2, 0.25) is 0 Å². The van der Waals surface area contributed by atoms with Crippen molar-refractivity contribution in [3.05, 3.63) is 48.0 Å². The summed E-state index contributed by atoms with van der Waals surface area (Å²) < 4.78 is 16.7. The van der Waals surface area contributed by atoms with E-state index in [9.17, 15) is 4.79 Å². The van der Waals surface area contributed by atoms with Gasteiger partial charge in [0.15, 0.2) is 17.6 Å². The Morgan fingerprint density at radius 3 is 2.54 bits per heavy atom. The highest BCUT2D eigenvalue weighted by atomic mass is 16.6. The number of hydrogen-bond acceptors (Lipinski definition) is 4. The molecule has 1 heterocycles. The van der Waals surface area contributed by atoms with Gasteiger partial charge < -0.3 is 19.5 Å². The first kappa shape index (κ1) is 16.2. The molecule has 1 atom stereocenters. The van der Waals surface area contributed by atoms with Gasteiger partial charge in [-0.05, 0) is 43.2 Å². The molecular formula is C19H21NO4. The molecule has 3 rings (SSSR count). The van der Waals surface area contributed by atoms with Crippen LogP contribution in [0.1, 0.15) is 19.4 Å². The van der Waals surface area contributed by atoms with Gasteiger partial charge in [-0.2, -0.15) is 0 Å². The maximum Gasteiger partial charge on any atom is 0.265 e. The molecule has 126 valence electrons. The Balaban J connectivity index is 1.61. The normalized spacial score (nSPS) is 13.9. The van der Waals surface area contributed by atoms with Crippen molar-refractivity contribution in [2.75, 3.05) is 18.5 Å². The smallest absolute Gasteiger partial charge is 0.265 e. The van der Waals surface area contributed by atoms with Crippen LogP contribution in [0.15, 0.2) is 42.5 Å². The zero-order valence-corrected chi connectivity index (χ0v) is 13.9. The third-order valence-corrected chi connectivity index (χ3v) is 3.82. The molecule has 5 heteroatoms. The van der Waals surface area contributed by atoms with E-state index in [2.05, 4.69) is 12.2 Å². The van der Waals surface area contributed by atoms with E-state index in [1.807, 2.05) is 24.3 Å². The van der Waals surface area contributed by atoms with Gasteiger partial charge in [-0.25, -0.2) is 0 Å². The summed E-state index contributed by atoms with van der Waals surface area (Å²) in [6.07, 6.45) is 0.367. The average Bonchev–Trinajstić information content (AvgIpc) is 2.62. The van der Waals surface area contributed by atoms with Crippen molar-refractivity contribution in [2.24, 2.45) is 0 Å². The number of rotatable bonds is 5. The number of aryl methyl sites for hydroxylation is 1. The Hall–Kier alpha value is -2.69. The van der Waals surface area contributed by atoms with E-state index in [1.165, 1.54) is 5.56 Å². The second-order valence-electron chi connectivity index (χ2n) is 5.61. The largest absolute Gasteiger partial charge is 0.486 e. The van der Waals surface area contributed by atoms with Crippen molar-refractivity contribution in [3.8, 4) is 17.2 Å². The van der Waals surface area contributed by atoms with E-state index in [0.717, 1.165) is 6.42 Å². The fourth-order valence-electron chi connectivity index (χ4n) is 2.43. The third-order valence-electron chi connectivity index (χ3n) is 3.82. The molecule has 0 saturated carbocycles. The fraction of sp³-hybridized carbons (Fsp3) is 0.316. The molecule has 0 radical (unpaired) electrons. The number of anilines is 1. The van der Waals surface area contributed by atoms with Crippen LogP contribution in [0.2, 0.25) is 0 Å². The number of ether oxygens (including phenoxy) is 3. The van der Waals surface area contributed by atoms with Gasteiger partial charge in [-0.15, -0.1) is 0 Å². The van der Waals surface area contributed by atoms with Crippen molar-refractivity contribution in [2.45, 2.75) is 26.4 Å². The lowest BCUT2D eigenvalue weighted by Gasteiger charge is -2.19. The van der Waals surface area contributed by atoms with Crippen LogP contribution in [-0.4, -0.2) is 25.2 Å². The van der Waals surface area contributed by atoms with Crippen molar-refractivity contribution in [1.82, 2.24) is 0 Å². The summed E-state index contributed by atoms with van der Waals surface area (Å²) in [6, 6.07) is 13.1. The van der Waals surface area contributed by atoms with Crippen LogP contribution in [0, 0.1) is 0 Å². The van der Waals surface area contributed by atoms with Crippen LogP contribution in [0.4, 0.5) is 5.69 Å². The average molecular weight is 327 g/mol. The summed E-state index contributed by atoms with van der Waals surface area (Å²) in [6.45, 7) is 4.87. The molecule has 1 aliphatic heterocycles. The first-order valence-corrected chi connectivity index (χ1v) is 8.12. The van der Waals surface area contributed by atoms with Gasteiger partial charge in [-0.1, -0.05) is 19.1 Å². The number of hydrogen-bond donors (Lipinski definition) is 1. The van der Waals surface area contributed by atoms with E-state index < -0.39 is 6.10 Å². The van der Waals surface area contributed by atoms with Crippen molar-refractivity contribution in [3.63, 3.8) is 0 Å². The Kier molecular flexibility index (Phi) is 4.89. The Bertz CT molecular complexity index is 712.